The van der Waals surface area contributed by atoms with E-state index in [4.69, 9.17) is 0 Å². The third-order valence-electron chi connectivity index (χ3n) is 4.20. The highest BCUT2D eigenvalue weighted by Crippen LogP contribution is 2.19. The quantitative estimate of drug-likeness (QED) is 0.882. The summed E-state index contributed by atoms with van der Waals surface area (Å²) in [6.07, 6.45) is 4.59. The minimum Gasteiger partial charge on any atom is -0.345 e. The molecule has 2 aromatic rings. The summed E-state index contributed by atoms with van der Waals surface area (Å²) in [5, 5.41) is 14.8. The predicted molar refractivity (Wildman–Crippen MR) is 88.2 cm³/mol. The summed E-state index contributed by atoms with van der Waals surface area (Å²) < 4.78 is 1.72. The van der Waals surface area contributed by atoms with Crippen molar-refractivity contribution < 1.29 is 4.79 Å². The monoisotopic (exact) mass is 313 g/mol. The van der Waals surface area contributed by atoms with Gasteiger partial charge in [-0.15, -0.1) is 5.10 Å². The Morgan fingerprint density at radius 1 is 1.39 bits per heavy atom. The molecule has 1 saturated heterocycles. The second-order valence-electron chi connectivity index (χ2n) is 6.55. The molecule has 23 heavy (non-hydrogen) atoms. The molecule has 0 radical (unpaired) electrons. The van der Waals surface area contributed by atoms with Crippen LogP contribution in [-0.2, 0) is 10.3 Å². The molecule has 1 fully saturated rings. The van der Waals surface area contributed by atoms with Gasteiger partial charge in [-0.1, -0.05) is 23.4 Å². The molecule has 6 heteroatoms. The molecule has 1 aliphatic heterocycles. The standard InChI is InChI=1S/C17H23N5O/c1-17(2,19-16(23)11-13-7-6-10-18-13)15-12-22(21-20-15)14-8-4-3-5-9-14/h3-5,8-9,12-13,18H,6-7,10-11H2,1-2H3,(H,19,23). The molecule has 6 nitrogen and oxygen atoms in total. The Kier molecular flexibility index (Phi) is 4.43. The number of amides is 1. The van der Waals surface area contributed by atoms with Crippen LogP contribution in [0.1, 0.15) is 38.8 Å². The lowest BCUT2D eigenvalue weighted by Gasteiger charge is -2.24. The van der Waals surface area contributed by atoms with Crippen molar-refractivity contribution >= 4 is 5.91 Å². The number of aromatic nitrogens is 3. The van der Waals surface area contributed by atoms with Crippen LogP contribution in [-0.4, -0.2) is 33.5 Å². The molecule has 0 aliphatic carbocycles. The maximum atomic E-state index is 12.3. The van der Waals surface area contributed by atoms with E-state index in [1.54, 1.807) is 4.68 Å². The third-order valence-corrected chi connectivity index (χ3v) is 4.20. The van der Waals surface area contributed by atoms with E-state index in [1.165, 1.54) is 0 Å². The van der Waals surface area contributed by atoms with Gasteiger partial charge in [-0.3, -0.25) is 4.79 Å². The van der Waals surface area contributed by atoms with E-state index >= 15 is 0 Å². The number of nitrogens with zero attached hydrogens (tertiary/aromatic N) is 3. The maximum Gasteiger partial charge on any atom is 0.222 e. The van der Waals surface area contributed by atoms with Crippen molar-refractivity contribution in [2.75, 3.05) is 6.54 Å². The number of rotatable bonds is 5. The molecule has 2 N–H and O–H groups in total. The predicted octanol–water partition coefficient (Wildman–Crippen LogP) is 1.76. The van der Waals surface area contributed by atoms with Gasteiger partial charge >= 0.3 is 0 Å². The highest BCUT2D eigenvalue weighted by molar-refractivity contribution is 5.77. The molecule has 122 valence electrons. The fourth-order valence-electron chi connectivity index (χ4n) is 2.88. The first-order valence-electron chi connectivity index (χ1n) is 8.07. The molecule has 0 spiro atoms. The molecule has 0 bridgehead atoms. The van der Waals surface area contributed by atoms with Crippen LogP contribution in [0.5, 0.6) is 0 Å². The van der Waals surface area contributed by atoms with Crippen molar-refractivity contribution in [1.82, 2.24) is 25.6 Å². The number of carbonyl (C=O) groups is 1. The minimum atomic E-state index is -0.553. The van der Waals surface area contributed by atoms with Crippen molar-refractivity contribution in [2.45, 2.75) is 44.7 Å². The van der Waals surface area contributed by atoms with Gasteiger partial charge in [0.15, 0.2) is 0 Å². The number of para-hydroxylation sites is 1. The summed E-state index contributed by atoms with van der Waals surface area (Å²) in [7, 11) is 0. The van der Waals surface area contributed by atoms with Gasteiger partial charge in [0.05, 0.1) is 17.4 Å². The Morgan fingerprint density at radius 2 is 2.17 bits per heavy atom. The molecule has 1 aromatic heterocycles. The van der Waals surface area contributed by atoms with Crippen LogP contribution < -0.4 is 10.6 Å². The van der Waals surface area contributed by atoms with Crippen LogP contribution in [0.4, 0.5) is 0 Å². The molecule has 2 heterocycles. The number of benzene rings is 1. The zero-order valence-corrected chi connectivity index (χ0v) is 13.6. The molecule has 3 rings (SSSR count). The van der Waals surface area contributed by atoms with Crippen molar-refractivity contribution in [2.24, 2.45) is 0 Å². The van der Waals surface area contributed by atoms with E-state index in [9.17, 15) is 4.79 Å². The minimum absolute atomic E-state index is 0.0451. The van der Waals surface area contributed by atoms with Crippen LogP contribution in [0.3, 0.4) is 0 Å². The topological polar surface area (TPSA) is 71.8 Å². The van der Waals surface area contributed by atoms with Gasteiger partial charge in [-0.25, -0.2) is 4.68 Å². The molecule has 1 aromatic carbocycles. The Morgan fingerprint density at radius 3 is 2.87 bits per heavy atom. The van der Waals surface area contributed by atoms with E-state index in [0.717, 1.165) is 30.8 Å². The molecule has 1 atom stereocenters. The third kappa shape index (κ3) is 3.76. The molecule has 1 unspecified atom stereocenters. The first kappa shape index (κ1) is 15.7. The summed E-state index contributed by atoms with van der Waals surface area (Å²) in [6.45, 7) is 4.91. The van der Waals surface area contributed by atoms with Crippen molar-refractivity contribution in [1.29, 1.82) is 0 Å². The molecular formula is C17H23N5O. The molecule has 1 amide bonds. The van der Waals surface area contributed by atoms with E-state index < -0.39 is 5.54 Å². The van der Waals surface area contributed by atoms with Gasteiger partial charge in [0, 0.05) is 12.5 Å². The Bertz CT molecular complexity index is 659. The average molecular weight is 313 g/mol. The summed E-state index contributed by atoms with van der Waals surface area (Å²) in [4.78, 5) is 12.3. The lowest BCUT2D eigenvalue weighted by molar-refractivity contribution is -0.123. The summed E-state index contributed by atoms with van der Waals surface area (Å²) in [5.41, 5.74) is 1.14. The van der Waals surface area contributed by atoms with E-state index in [1.807, 2.05) is 50.4 Å². The van der Waals surface area contributed by atoms with Crippen molar-refractivity contribution in [3.8, 4) is 5.69 Å². The number of hydrogen-bond acceptors (Lipinski definition) is 4. The van der Waals surface area contributed by atoms with Crippen LogP contribution in [0.2, 0.25) is 0 Å². The van der Waals surface area contributed by atoms with Crippen molar-refractivity contribution in [3.63, 3.8) is 0 Å². The lowest BCUT2D eigenvalue weighted by atomic mass is 10.0. The van der Waals surface area contributed by atoms with Crippen LogP contribution in [0.25, 0.3) is 5.69 Å². The summed E-state index contributed by atoms with van der Waals surface area (Å²) in [5.74, 6) is 0.0451. The Hall–Kier alpha value is -2.21. The lowest BCUT2D eigenvalue weighted by Crippen LogP contribution is -2.43. The van der Waals surface area contributed by atoms with Crippen LogP contribution in [0, 0.1) is 0 Å². The zero-order valence-electron chi connectivity index (χ0n) is 13.6. The van der Waals surface area contributed by atoms with Gasteiger partial charge < -0.3 is 10.6 Å². The van der Waals surface area contributed by atoms with Gasteiger partial charge in [0.25, 0.3) is 0 Å². The van der Waals surface area contributed by atoms with Crippen molar-refractivity contribution in [3.05, 3.63) is 42.2 Å². The van der Waals surface area contributed by atoms with Crippen LogP contribution >= 0.6 is 0 Å². The zero-order chi connectivity index (χ0) is 16.3. The van der Waals surface area contributed by atoms with Gasteiger partial charge in [0.1, 0.15) is 5.69 Å². The first-order valence-corrected chi connectivity index (χ1v) is 8.07. The first-order chi connectivity index (χ1) is 11.0. The van der Waals surface area contributed by atoms with Crippen LogP contribution in [0.15, 0.2) is 36.5 Å². The largest absolute Gasteiger partial charge is 0.345 e. The summed E-state index contributed by atoms with van der Waals surface area (Å²) in [6, 6.07) is 10.1. The Balaban J connectivity index is 1.67. The molecule has 0 saturated carbocycles. The van der Waals surface area contributed by atoms with E-state index in [-0.39, 0.29) is 5.91 Å². The fraction of sp³-hybridized carbons (Fsp3) is 0.471. The SMILES string of the molecule is CC(C)(NC(=O)CC1CCCN1)c1cn(-c2ccccc2)nn1. The Labute approximate surface area is 136 Å². The van der Waals surface area contributed by atoms with Gasteiger partial charge in [-0.05, 0) is 45.4 Å². The molecular weight excluding hydrogens is 290 g/mol. The number of nitrogens with one attached hydrogen (secondary N) is 2. The summed E-state index contributed by atoms with van der Waals surface area (Å²) >= 11 is 0. The highest BCUT2D eigenvalue weighted by atomic mass is 16.1. The number of carbonyl (C=O) groups excluding carboxylic acids is 1. The second kappa shape index (κ2) is 6.50. The average Bonchev–Trinajstić information content (AvgIpc) is 3.18. The second-order valence-corrected chi connectivity index (χ2v) is 6.55. The normalized spacial score (nSPS) is 18.1. The maximum absolute atomic E-state index is 12.3. The van der Waals surface area contributed by atoms with Gasteiger partial charge in [-0.2, -0.15) is 0 Å². The molecule has 1 aliphatic rings. The van der Waals surface area contributed by atoms with E-state index in [2.05, 4.69) is 20.9 Å². The smallest absolute Gasteiger partial charge is 0.222 e. The number of hydrogen-bond donors (Lipinski definition) is 2. The van der Waals surface area contributed by atoms with Gasteiger partial charge in [0.2, 0.25) is 5.91 Å². The van der Waals surface area contributed by atoms with E-state index in [0.29, 0.717) is 12.5 Å². The highest BCUT2D eigenvalue weighted by Gasteiger charge is 2.28. The fourth-order valence-corrected chi connectivity index (χ4v) is 2.88.